The maximum atomic E-state index is 13.4. The van der Waals surface area contributed by atoms with Gasteiger partial charge in [0.25, 0.3) is 0 Å². The maximum absolute atomic E-state index is 13.4. The third-order valence-electron chi connectivity index (χ3n) is 5.83. The average molecular weight is 516 g/mol. The quantitative estimate of drug-likeness (QED) is 0.445. The van der Waals surface area contributed by atoms with E-state index in [1.807, 2.05) is 0 Å². The highest BCUT2D eigenvalue weighted by Crippen LogP contribution is 2.26. The van der Waals surface area contributed by atoms with Crippen molar-refractivity contribution in [3.8, 4) is 0 Å². The van der Waals surface area contributed by atoms with Crippen LogP contribution in [-0.2, 0) is 22.6 Å². The Labute approximate surface area is 209 Å². The molecule has 0 radical (unpaired) electrons. The summed E-state index contributed by atoms with van der Waals surface area (Å²) in [5.41, 5.74) is 1.36. The minimum absolute atomic E-state index is 0.0439. The molecule has 4 nitrogen and oxygen atoms in total. The highest BCUT2D eigenvalue weighted by Gasteiger charge is 2.29. The summed E-state index contributed by atoms with van der Waals surface area (Å²) in [5, 5.41) is 4.98. The van der Waals surface area contributed by atoms with Crippen molar-refractivity contribution in [3.05, 3.63) is 67.6 Å². The second-order valence-electron chi connectivity index (χ2n) is 8.19. The van der Waals surface area contributed by atoms with Gasteiger partial charge in [-0.05, 0) is 55.2 Å². The Kier molecular flexibility index (Phi) is 9.13. The molecular formula is C24H26Cl4N2O2. The fourth-order valence-corrected chi connectivity index (χ4v) is 4.86. The van der Waals surface area contributed by atoms with E-state index < -0.39 is 6.04 Å². The van der Waals surface area contributed by atoms with E-state index in [1.165, 1.54) is 11.3 Å². The fraction of sp³-hybridized carbons (Fsp3) is 0.417. The number of benzene rings is 2. The molecule has 1 N–H and O–H groups in total. The molecule has 2 amide bonds. The molecule has 1 fully saturated rings. The van der Waals surface area contributed by atoms with E-state index in [0.717, 1.165) is 25.7 Å². The number of nitrogens with zero attached hydrogens (tertiary/aromatic N) is 1. The van der Waals surface area contributed by atoms with Gasteiger partial charge in [-0.2, -0.15) is 0 Å². The highest BCUT2D eigenvalue weighted by atomic mass is 35.5. The first-order valence-corrected chi connectivity index (χ1v) is 12.2. The van der Waals surface area contributed by atoms with Gasteiger partial charge < -0.3 is 10.2 Å². The SMILES string of the molecule is C[C@@H](C(=O)NC1CCCCC1)N(Cc1ccc(Cl)cc1Cl)C(=O)Cc1ccc(Cl)cc1Cl. The molecule has 32 heavy (non-hydrogen) atoms. The second-order valence-corrected chi connectivity index (χ2v) is 9.88. The first-order chi connectivity index (χ1) is 15.2. The van der Waals surface area contributed by atoms with Gasteiger partial charge in [0.2, 0.25) is 11.8 Å². The monoisotopic (exact) mass is 514 g/mol. The molecule has 0 bridgehead atoms. The number of carbonyl (C=O) groups is 2. The molecule has 1 atom stereocenters. The van der Waals surface area contributed by atoms with Gasteiger partial charge in [0, 0.05) is 32.7 Å². The van der Waals surface area contributed by atoms with E-state index in [-0.39, 0.29) is 30.8 Å². The summed E-state index contributed by atoms with van der Waals surface area (Å²) in [5.74, 6) is -0.399. The molecule has 8 heteroatoms. The number of rotatable bonds is 7. The molecule has 0 aromatic heterocycles. The van der Waals surface area contributed by atoms with Crippen LogP contribution in [0.4, 0.5) is 0 Å². The summed E-state index contributed by atoms with van der Waals surface area (Å²) in [4.78, 5) is 27.9. The molecule has 1 aliphatic rings. The average Bonchev–Trinajstić information content (AvgIpc) is 2.75. The lowest BCUT2D eigenvalue weighted by molar-refractivity contribution is -0.140. The lowest BCUT2D eigenvalue weighted by Crippen LogP contribution is -2.50. The van der Waals surface area contributed by atoms with Crippen molar-refractivity contribution < 1.29 is 9.59 Å². The van der Waals surface area contributed by atoms with Crippen LogP contribution in [0, 0.1) is 0 Å². The van der Waals surface area contributed by atoms with Crippen LogP contribution in [0.2, 0.25) is 20.1 Å². The Morgan fingerprint density at radius 3 is 2.06 bits per heavy atom. The molecule has 0 unspecified atom stereocenters. The molecule has 2 aromatic carbocycles. The van der Waals surface area contributed by atoms with Crippen LogP contribution >= 0.6 is 46.4 Å². The Bertz CT molecular complexity index is 976. The number of nitrogens with one attached hydrogen (secondary N) is 1. The molecule has 1 aliphatic carbocycles. The standard InChI is InChI=1S/C24H26Cl4N2O2/c1-15(24(32)29-20-5-3-2-4-6-20)30(14-17-8-10-19(26)13-22(17)28)23(31)11-16-7-9-18(25)12-21(16)27/h7-10,12-13,15,20H,2-6,11,14H2,1H3,(H,29,32)/t15-/m0/s1. The van der Waals surface area contributed by atoms with Crippen molar-refractivity contribution in [1.29, 1.82) is 0 Å². The molecule has 0 spiro atoms. The van der Waals surface area contributed by atoms with E-state index >= 15 is 0 Å². The van der Waals surface area contributed by atoms with E-state index in [9.17, 15) is 9.59 Å². The molecule has 172 valence electrons. The second kappa shape index (κ2) is 11.6. The Balaban J connectivity index is 1.81. The first-order valence-electron chi connectivity index (χ1n) is 10.7. The van der Waals surface area contributed by atoms with Gasteiger partial charge in [0.15, 0.2) is 0 Å². The largest absolute Gasteiger partial charge is 0.352 e. The molecular weight excluding hydrogens is 490 g/mol. The van der Waals surface area contributed by atoms with Gasteiger partial charge in [0.05, 0.1) is 6.42 Å². The fourth-order valence-electron chi connectivity index (χ4n) is 3.91. The predicted molar refractivity (Wildman–Crippen MR) is 132 cm³/mol. The van der Waals surface area contributed by atoms with Crippen molar-refractivity contribution in [3.63, 3.8) is 0 Å². The Hall–Kier alpha value is -1.46. The third kappa shape index (κ3) is 6.77. The zero-order valence-electron chi connectivity index (χ0n) is 17.8. The van der Waals surface area contributed by atoms with Crippen molar-refractivity contribution in [2.24, 2.45) is 0 Å². The number of carbonyl (C=O) groups excluding carboxylic acids is 2. The van der Waals surface area contributed by atoms with Gasteiger partial charge >= 0.3 is 0 Å². The summed E-state index contributed by atoms with van der Waals surface area (Å²) >= 11 is 24.6. The predicted octanol–water partition coefficient (Wildman–Crippen LogP) is 6.71. The van der Waals surface area contributed by atoms with Crippen LogP contribution in [-0.4, -0.2) is 28.8 Å². The molecule has 0 saturated heterocycles. The van der Waals surface area contributed by atoms with Crippen LogP contribution < -0.4 is 5.32 Å². The Morgan fingerprint density at radius 1 is 0.938 bits per heavy atom. The topological polar surface area (TPSA) is 49.4 Å². The zero-order chi connectivity index (χ0) is 23.3. The maximum Gasteiger partial charge on any atom is 0.242 e. The van der Waals surface area contributed by atoms with Gasteiger partial charge in [0.1, 0.15) is 6.04 Å². The summed E-state index contributed by atoms with van der Waals surface area (Å²) in [6.45, 7) is 1.92. The highest BCUT2D eigenvalue weighted by molar-refractivity contribution is 6.35. The molecule has 0 aliphatic heterocycles. The van der Waals surface area contributed by atoms with Gasteiger partial charge in [-0.25, -0.2) is 0 Å². The summed E-state index contributed by atoms with van der Waals surface area (Å²) in [6, 6.07) is 9.61. The van der Waals surface area contributed by atoms with E-state index in [0.29, 0.717) is 31.2 Å². The molecule has 1 saturated carbocycles. The van der Waals surface area contributed by atoms with Crippen LogP contribution in [0.3, 0.4) is 0 Å². The molecule has 3 rings (SSSR count). The van der Waals surface area contributed by atoms with Gasteiger partial charge in [-0.3, -0.25) is 9.59 Å². The lowest BCUT2D eigenvalue weighted by Gasteiger charge is -2.31. The smallest absolute Gasteiger partial charge is 0.242 e. The van der Waals surface area contributed by atoms with Crippen LogP contribution in [0.15, 0.2) is 36.4 Å². The van der Waals surface area contributed by atoms with Crippen LogP contribution in [0.5, 0.6) is 0 Å². The zero-order valence-corrected chi connectivity index (χ0v) is 20.9. The van der Waals surface area contributed by atoms with Crippen molar-refractivity contribution in [1.82, 2.24) is 10.2 Å². The van der Waals surface area contributed by atoms with Gasteiger partial charge in [-0.1, -0.05) is 77.8 Å². The summed E-state index contributed by atoms with van der Waals surface area (Å²) in [7, 11) is 0. The van der Waals surface area contributed by atoms with Crippen molar-refractivity contribution in [2.75, 3.05) is 0 Å². The first kappa shape index (κ1) is 25.2. The number of hydrogen-bond donors (Lipinski definition) is 1. The molecule has 2 aromatic rings. The van der Waals surface area contributed by atoms with Crippen molar-refractivity contribution in [2.45, 2.75) is 64.1 Å². The third-order valence-corrected chi connectivity index (χ3v) is 7.01. The number of halogens is 4. The molecule has 0 heterocycles. The summed E-state index contributed by atoms with van der Waals surface area (Å²) < 4.78 is 0. The lowest BCUT2D eigenvalue weighted by atomic mass is 9.95. The summed E-state index contributed by atoms with van der Waals surface area (Å²) in [6.07, 6.45) is 5.39. The minimum atomic E-state index is -0.678. The van der Waals surface area contributed by atoms with E-state index in [2.05, 4.69) is 5.32 Å². The number of amides is 2. The van der Waals surface area contributed by atoms with Gasteiger partial charge in [-0.15, -0.1) is 0 Å². The van der Waals surface area contributed by atoms with Crippen LogP contribution in [0.25, 0.3) is 0 Å². The Morgan fingerprint density at radius 2 is 1.50 bits per heavy atom. The van der Waals surface area contributed by atoms with Crippen molar-refractivity contribution >= 4 is 58.2 Å². The van der Waals surface area contributed by atoms with Crippen LogP contribution in [0.1, 0.15) is 50.2 Å². The normalized spacial score (nSPS) is 15.3. The number of hydrogen-bond acceptors (Lipinski definition) is 2. The minimum Gasteiger partial charge on any atom is -0.352 e. The van der Waals surface area contributed by atoms with E-state index in [1.54, 1.807) is 43.3 Å². The van der Waals surface area contributed by atoms with E-state index in [4.69, 9.17) is 46.4 Å².